The number of halogens is 1. The van der Waals surface area contributed by atoms with Gasteiger partial charge in [0.05, 0.1) is 6.04 Å². The molecule has 1 aliphatic heterocycles. The second-order valence-corrected chi connectivity index (χ2v) is 6.34. The van der Waals surface area contributed by atoms with Gasteiger partial charge in [-0.05, 0) is 19.4 Å². The Morgan fingerprint density at radius 1 is 1.17 bits per heavy atom. The van der Waals surface area contributed by atoms with Crippen molar-refractivity contribution in [2.24, 2.45) is 0 Å². The predicted molar refractivity (Wildman–Crippen MR) is 79.0 cm³/mol. The number of rotatable bonds is 4. The van der Waals surface area contributed by atoms with Crippen molar-refractivity contribution in [1.29, 1.82) is 0 Å². The fourth-order valence-corrected chi connectivity index (χ4v) is 3.22. The molecular weight excluding hydrogens is 288 g/mol. The van der Waals surface area contributed by atoms with E-state index in [0.29, 0.717) is 0 Å². The molecule has 18 heavy (non-hydrogen) atoms. The third kappa shape index (κ3) is 3.56. The maximum atomic E-state index is 3.65. The van der Waals surface area contributed by atoms with E-state index in [0.717, 1.165) is 12.6 Å². The van der Waals surface area contributed by atoms with E-state index < -0.39 is 0 Å². The van der Waals surface area contributed by atoms with Crippen molar-refractivity contribution < 1.29 is 9.80 Å². The molecule has 0 aromatic heterocycles. The van der Waals surface area contributed by atoms with Gasteiger partial charge < -0.3 is 9.80 Å². The zero-order valence-corrected chi connectivity index (χ0v) is 13.1. The lowest BCUT2D eigenvalue weighted by Crippen LogP contribution is -3.29. The summed E-state index contributed by atoms with van der Waals surface area (Å²) in [5.74, 6) is 0. The van der Waals surface area contributed by atoms with E-state index in [1.807, 2.05) is 0 Å². The number of nitrogens with one attached hydrogen (secondary N) is 2. The van der Waals surface area contributed by atoms with Gasteiger partial charge in [0.2, 0.25) is 0 Å². The molecule has 1 atom stereocenters. The third-order valence-electron chi connectivity index (χ3n) is 4.31. The highest BCUT2D eigenvalue weighted by molar-refractivity contribution is 9.10. The minimum Gasteiger partial charge on any atom is -0.323 e. The van der Waals surface area contributed by atoms with Gasteiger partial charge in [-0.3, -0.25) is 0 Å². The standard InChI is InChI=1S/C15H23BrN2/c1-3-13(2)18-10-8-17(9-11-18)12-14-6-4-5-7-15(14)16/h4-7,13H,3,8-12H2,1-2H3/p+2/t13-/m1/s1. The van der Waals surface area contributed by atoms with Crippen LogP contribution >= 0.6 is 15.9 Å². The van der Waals surface area contributed by atoms with Crippen LogP contribution in [0.1, 0.15) is 25.8 Å². The summed E-state index contributed by atoms with van der Waals surface area (Å²) in [6.45, 7) is 11.1. The molecule has 0 amide bonds. The zero-order chi connectivity index (χ0) is 13.0. The van der Waals surface area contributed by atoms with Crippen LogP contribution in [0.25, 0.3) is 0 Å². The molecule has 0 unspecified atom stereocenters. The average Bonchev–Trinajstić information content (AvgIpc) is 2.41. The number of hydrogen-bond donors (Lipinski definition) is 2. The van der Waals surface area contributed by atoms with Gasteiger partial charge in [-0.25, -0.2) is 0 Å². The quantitative estimate of drug-likeness (QED) is 0.802. The number of piperazine rings is 1. The monoisotopic (exact) mass is 312 g/mol. The molecule has 2 rings (SSSR count). The Bertz CT molecular complexity index is 373. The van der Waals surface area contributed by atoms with Gasteiger partial charge in [-0.15, -0.1) is 0 Å². The first-order valence-corrected chi connectivity index (χ1v) is 7.91. The van der Waals surface area contributed by atoms with E-state index in [4.69, 9.17) is 0 Å². The van der Waals surface area contributed by atoms with Crippen molar-refractivity contribution in [3.05, 3.63) is 34.3 Å². The molecule has 1 fully saturated rings. The summed E-state index contributed by atoms with van der Waals surface area (Å²) in [5.41, 5.74) is 1.44. The van der Waals surface area contributed by atoms with E-state index in [9.17, 15) is 0 Å². The predicted octanol–water partition coefficient (Wildman–Crippen LogP) is 0.531. The summed E-state index contributed by atoms with van der Waals surface area (Å²) in [6.07, 6.45) is 1.30. The number of benzene rings is 1. The van der Waals surface area contributed by atoms with Crippen molar-refractivity contribution >= 4 is 15.9 Å². The molecule has 0 spiro atoms. The first-order valence-electron chi connectivity index (χ1n) is 7.12. The minimum absolute atomic E-state index is 0.829. The highest BCUT2D eigenvalue weighted by Gasteiger charge is 2.26. The molecule has 1 aromatic carbocycles. The molecule has 2 nitrogen and oxygen atoms in total. The fourth-order valence-electron chi connectivity index (χ4n) is 2.79. The van der Waals surface area contributed by atoms with Crippen LogP contribution in [0.4, 0.5) is 0 Å². The van der Waals surface area contributed by atoms with E-state index in [2.05, 4.69) is 54.0 Å². The van der Waals surface area contributed by atoms with Gasteiger partial charge >= 0.3 is 0 Å². The highest BCUT2D eigenvalue weighted by atomic mass is 79.9. The Hall–Kier alpha value is -0.380. The maximum Gasteiger partial charge on any atom is 0.127 e. The summed E-state index contributed by atoms with van der Waals surface area (Å²) in [6, 6.07) is 9.45. The molecular formula is C15H25BrN2+2. The number of quaternary nitrogens is 2. The molecule has 0 radical (unpaired) electrons. The van der Waals surface area contributed by atoms with Crippen LogP contribution in [0, 0.1) is 0 Å². The zero-order valence-electron chi connectivity index (χ0n) is 11.5. The Kier molecular flexibility index (Phi) is 5.22. The highest BCUT2D eigenvalue weighted by Crippen LogP contribution is 2.14. The summed E-state index contributed by atoms with van der Waals surface area (Å²) in [4.78, 5) is 3.53. The van der Waals surface area contributed by atoms with Crippen LogP contribution in [-0.2, 0) is 6.54 Å². The average molecular weight is 313 g/mol. The van der Waals surface area contributed by atoms with Gasteiger partial charge in [0.15, 0.2) is 0 Å². The Morgan fingerprint density at radius 3 is 2.44 bits per heavy atom. The molecule has 0 saturated carbocycles. The normalized spacial score (nSPS) is 25.9. The lowest BCUT2D eigenvalue weighted by atomic mass is 10.1. The second kappa shape index (κ2) is 6.69. The van der Waals surface area contributed by atoms with Crippen LogP contribution in [0.5, 0.6) is 0 Å². The van der Waals surface area contributed by atoms with Gasteiger partial charge in [0, 0.05) is 10.0 Å². The van der Waals surface area contributed by atoms with Crippen LogP contribution in [0.15, 0.2) is 28.7 Å². The second-order valence-electron chi connectivity index (χ2n) is 5.49. The lowest BCUT2D eigenvalue weighted by Gasteiger charge is -2.33. The molecule has 0 aliphatic carbocycles. The molecule has 2 N–H and O–H groups in total. The number of hydrogen-bond acceptors (Lipinski definition) is 0. The van der Waals surface area contributed by atoms with Gasteiger partial charge in [0.25, 0.3) is 0 Å². The van der Waals surface area contributed by atoms with E-state index in [1.165, 1.54) is 42.6 Å². The smallest absolute Gasteiger partial charge is 0.127 e. The van der Waals surface area contributed by atoms with E-state index in [-0.39, 0.29) is 0 Å². The Labute approximate surface area is 119 Å². The summed E-state index contributed by atoms with van der Waals surface area (Å²) in [5, 5.41) is 0. The third-order valence-corrected chi connectivity index (χ3v) is 5.08. The van der Waals surface area contributed by atoms with Gasteiger partial charge in [0.1, 0.15) is 32.7 Å². The summed E-state index contributed by atoms with van der Waals surface area (Å²) in [7, 11) is 0. The van der Waals surface area contributed by atoms with E-state index in [1.54, 1.807) is 9.80 Å². The van der Waals surface area contributed by atoms with Crippen molar-refractivity contribution in [2.75, 3.05) is 26.2 Å². The SMILES string of the molecule is CC[C@@H](C)[NH+]1CC[NH+](Cc2ccccc2Br)CC1. The van der Waals surface area contributed by atoms with Crippen molar-refractivity contribution in [2.45, 2.75) is 32.9 Å². The van der Waals surface area contributed by atoms with Gasteiger partial charge in [-0.2, -0.15) is 0 Å². The first-order chi connectivity index (χ1) is 8.70. The van der Waals surface area contributed by atoms with Crippen LogP contribution in [-0.4, -0.2) is 32.2 Å². The molecule has 100 valence electrons. The molecule has 1 heterocycles. The van der Waals surface area contributed by atoms with E-state index >= 15 is 0 Å². The molecule has 0 bridgehead atoms. The molecule has 1 aromatic rings. The van der Waals surface area contributed by atoms with Crippen LogP contribution in [0.2, 0.25) is 0 Å². The maximum absolute atomic E-state index is 3.65. The minimum atomic E-state index is 0.829. The first kappa shape index (κ1) is 14.0. The van der Waals surface area contributed by atoms with Crippen LogP contribution < -0.4 is 9.80 Å². The molecule has 1 saturated heterocycles. The van der Waals surface area contributed by atoms with Crippen molar-refractivity contribution in [3.8, 4) is 0 Å². The summed E-state index contributed by atoms with van der Waals surface area (Å²) >= 11 is 3.65. The Morgan fingerprint density at radius 2 is 1.83 bits per heavy atom. The van der Waals surface area contributed by atoms with Crippen LogP contribution in [0.3, 0.4) is 0 Å². The topological polar surface area (TPSA) is 8.88 Å². The largest absolute Gasteiger partial charge is 0.323 e. The van der Waals surface area contributed by atoms with Crippen molar-refractivity contribution in [3.63, 3.8) is 0 Å². The molecule has 1 aliphatic rings. The lowest BCUT2D eigenvalue weighted by molar-refractivity contribution is -1.03. The van der Waals surface area contributed by atoms with Gasteiger partial charge in [-0.1, -0.05) is 41.1 Å². The Balaban J connectivity index is 1.86. The van der Waals surface area contributed by atoms with Crippen molar-refractivity contribution in [1.82, 2.24) is 0 Å². The fraction of sp³-hybridized carbons (Fsp3) is 0.600. The summed E-state index contributed by atoms with van der Waals surface area (Å²) < 4.78 is 1.26. The molecule has 3 heteroatoms.